The third-order valence-corrected chi connectivity index (χ3v) is 2.72. The van der Waals surface area contributed by atoms with Gasteiger partial charge in [0, 0.05) is 11.3 Å². The van der Waals surface area contributed by atoms with Gasteiger partial charge in [-0.1, -0.05) is 19.9 Å². The average Bonchev–Trinajstić information content (AvgIpc) is 2.37. The van der Waals surface area contributed by atoms with Crippen molar-refractivity contribution in [3.05, 3.63) is 29.8 Å². The number of carboxylic acid groups (broad SMARTS) is 1. The maximum atomic E-state index is 11.8. The van der Waals surface area contributed by atoms with Crippen molar-refractivity contribution in [2.24, 2.45) is 11.7 Å². The molecule has 0 aliphatic heterocycles. The number of anilines is 1. The number of rotatable bonds is 6. The smallest absolute Gasteiger partial charge is 0.326 e. The summed E-state index contributed by atoms with van der Waals surface area (Å²) in [6.45, 7) is 3.73. The van der Waals surface area contributed by atoms with E-state index in [1.54, 1.807) is 12.1 Å². The fraction of sp³-hybridized carbons (Fsp3) is 0.357. The number of carbonyl (C=O) groups excluding carboxylic acids is 2. The molecule has 7 heteroatoms. The Hall–Kier alpha value is -2.57. The molecule has 0 saturated carbocycles. The van der Waals surface area contributed by atoms with Crippen LogP contribution in [-0.2, 0) is 4.79 Å². The molecule has 21 heavy (non-hydrogen) atoms. The molecule has 0 aliphatic rings. The summed E-state index contributed by atoms with van der Waals surface area (Å²) < 4.78 is 0. The minimum absolute atomic E-state index is 0.129. The second kappa shape index (κ2) is 7.28. The summed E-state index contributed by atoms with van der Waals surface area (Å²) in [6.07, 6.45) is 0.323. The van der Waals surface area contributed by atoms with Crippen LogP contribution in [0.5, 0.6) is 0 Å². The van der Waals surface area contributed by atoms with Gasteiger partial charge in [0.15, 0.2) is 0 Å². The van der Waals surface area contributed by atoms with Gasteiger partial charge in [0.05, 0.1) is 0 Å². The van der Waals surface area contributed by atoms with E-state index in [-0.39, 0.29) is 11.5 Å². The Labute approximate surface area is 122 Å². The van der Waals surface area contributed by atoms with Gasteiger partial charge in [-0.15, -0.1) is 0 Å². The maximum absolute atomic E-state index is 11.8. The van der Waals surface area contributed by atoms with Crippen LogP contribution in [0.2, 0.25) is 0 Å². The number of primary amides is 1. The first kappa shape index (κ1) is 16.5. The first-order valence-electron chi connectivity index (χ1n) is 6.49. The van der Waals surface area contributed by atoms with Crippen LogP contribution in [0.3, 0.4) is 0 Å². The number of amides is 3. The molecule has 1 atom stereocenters. The van der Waals surface area contributed by atoms with Crippen molar-refractivity contribution < 1.29 is 19.5 Å². The lowest BCUT2D eigenvalue weighted by Gasteiger charge is -2.17. The zero-order valence-electron chi connectivity index (χ0n) is 11.9. The van der Waals surface area contributed by atoms with Crippen LogP contribution in [0.15, 0.2) is 24.3 Å². The van der Waals surface area contributed by atoms with Gasteiger partial charge < -0.3 is 21.5 Å². The predicted octanol–water partition coefficient (Wildman–Crippen LogP) is 1.41. The monoisotopic (exact) mass is 293 g/mol. The van der Waals surface area contributed by atoms with E-state index in [2.05, 4.69) is 10.6 Å². The minimum Gasteiger partial charge on any atom is -0.480 e. The summed E-state index contributed by atoms with van der Waals surface area (Å²) in [4.78, 5) is 33.9. The van der Waals surface area contributed by atoms with E-state index < -0.39 is 23.9 Å². The molecule has 0 saturated heterocycles. The highest BCUT2D eigenvalue weighted by atomic mass is 16.4. The van der Waals surface area contributed by atoms with Crippen LogP contribution < -0.4 is 16.4 Å². The van der Waals surface area contributed by atoms with E-state index in [0.29, 0.717) is 12.1 Å². The van der Waals surface area contributed by atoms with Gasteiger partial charge in [0.25, 0.3) is 0 Å². The third kappa shape index (κ3) is 5.52. The van der Waals surface area contributed by atoms with Crippen LogP contribution in [0.4, 0.5) is 10.5 Å². The Bertz CT molecular complexity index is 543. The third-order valence-electron chi connectivity index (χ3n) is 2.72. The molecule has 0 spiro atoms. The van der Waals surface area contributed by atoms with Crippen molar-refractivity contribution in [2.75, 3.05) is 5.32 Å². The van der Waals surface area contributed by atoms with Crippen LogP contribution in [-0.4, -0.2) is 29.1 Å². The largest absolute Gasteiger partial charge is 0.480 e. The molecule has 5 N–H and O–H groups in total. The molecule has 1 aromatic rings. The molecule has 1 unspecified atom stereocenters. The Morgan fingerprint density at radius 3 is 2.48 bits per heavy atom. The van der Waals surface area contributed by atoms with Crippen molar-refractivity contribution in [3.8, 4) is 0 Å². The van der Waals surface area contributed by atoms with Gasteiger partial charge in [-0.2, -0.15) is 0 Å². The van der Waals surface area contributed by atoms with Crippen LogP contribution in [0.25, 0.3) is 0 Å². The molecule has 1 aromatic carbocycles. The zero-order valence-corrected chi connectivity index (χ0v) is 11.9. The second-order valence-electron chi connectivity index (χ2n) is 5.06. The molecule has 1 rings (SSSR count). The molecule has 3 amide bonds. The zero-order chi connectivity index (χ0) is 16.0. The lowest BCUT2D eigenvalue weighted by atomic mass is 10.0. The van der Waals surface area contributed by atoms with Crippen molar-refractivity contribution in [2.45, 2.75) is 26.3 Å². The molecule has 0 aromatic heterocycles. The highest BCUT2D eigenvalue weighted by Crippen LogP contribution is 2.11. The van der Waals surface area contributed by atoms with Crippen molar-refractivity contribution in [1.29, 1.82) is 0 Å². The fourth-order valence-corrected chi connectivity index (χ4v) is 1.77. The SMILES string of the molecule is CC(C)CC(NC(=O)Nc1cccc(C(N)=O)c1)C(=O)O. The number of nitrogens with two attached hydrogens (primary N) is 1. The van der Waals surface area contributed by atoms with Crippen molar-refractivity contribution >= 4 is 23.6 Å². The number of nitrogens with one attached hydrogen (secondary N) is 2. The normalized spacial score (nSPS) is 11.8. The Kier molecular flexibility index (Phi) is 5.71. The molecule has 114 valence electrons. The summed E-state index contributed by atoms with van der Waals surface area (Å²) >= 11 is 0. The second-order valence-corrected chi connectivity index (χ2v) is 5.06. The quantitative estimate of drug-likeness (QED) is 0.633. The summed E-state index contributed by atoms with van der Waals surface area (Å²) in [6, 6.07) is 4.46. The summed E-state index contributed by atoms with van der Waals surface area (Å²) in [5.74, 6) is -1.57. The van der Waals surface area contributed by atoms with E-state index in [1.165, 1.54) is 12.1 Å². The topological polar surface area (TPSA) is 122 Å². The van der Waals surface area contributed by atoms with E-state index in [0.717, 1.165) is 0 Å². The number of hydrogen-bond donors (Lipinski definition) is 4. The van der Waals surface area contributed by atoms with Crippen LogP contribution in [0.1, 0.15) is 30.6 Å². The standard InChI is InChI=1S/C14H19N3O4/c1-8(2)6-11(13(19)20)17-14(21)16-10-5-3-4-9(7-10)12(15)18/h3-5,7-8,11H,6H2,1-2H3,(H2,15,18)(H,19,20)(H2,16,17,21). The highest BCUT2D eigenvalue weighted by molar-refractivity contribution is 5.96. The van der Waals surface area contributed by atoms with Crippen LogP contribution >= 0.6 is 0 Å². The van der Waals surface area contributed by atoms with Gasteiger partial charge >= 0.3 is 12.0 Å². The van der Waals surface area contributed by atoms with E-state index in [1.807, 2.05) is 13.8 Å². The Morgan fingerprint density at radius 2 is 1.95 bits per heavy atom. The van der Waals surface area contributed by atoms with Gasteiger partial charge in [-0.3, -0.25) is 4.79 Å². The highest BCUT2D eigenvalue weighted by Gasteiger charge is 2.21. The van der Waals surface area contributed by atoms with Crippen LogP contribution in [0, 0.1) is 5.92 Å². The predicted molar refractivity (Wildman–Crippen MR) is 78.0 cm³/mol. The molecular formula is C14H19N3O4. The fourth-order valence-electron chi connectivity index (χ4n) is 1.77. The average molecular weight is 293 g/mol. The number of aliphatic carboxylic acids is 1. The lowest BCUT2D eigenvalue weighted by molar-refractivity contribution is -0.139. The lowest BCUT2D eigenvalue weighted by Crippen LogP contribution is -2.43. The van der Waals surface area contributed by atoms with Gasteiger partial charge in [0.2, 0.25) is 5.91 Å². The number of carboxylic acids is 1. The molecule has 0 heterocycles. The molecule has 0 aliphatic carbocycles. The van der Waals surface area contributed by atoms with Crippen molar-refractivity contribution in [1.82, 2.24) is 5.32 Å². The first-order chi connectivity index (χ1) is 9.79. The molecule has 0 bridgehead atoms. The van der Waals surface area contributed by atoms with E-state index in [4.69, 9.17) is 10.8 Å². The Morgan fingerprint density at radius 1 is 1.29 bits per heavy atom. The molecule has 7 nitrogen and oxygen atoms in total. The van der Waals surface area contributed by atoms with Gasteiger partial charge in [-0.05, 0) is 30.5 Å². The van der Waals surface area contributed by atoms with E-state index in [9.17, 15) is 14.4 Å². The van der Waals surface area contributed by atoms with Gasteiger partial charge in [-0.25, -0.2) is 9.59 Å². The molecular weight excluding hydrogens is 274 g/mol. The molecule has 0 fully saturated rings. The van der Waals surface area contributed by atoms with E-state index >= 15 is 0 Å². The summed E-state index contributed by atoms with van der Waals surface area (Å²) in [7, 11) is 0. The number of carbonyl (C=O) groups is 3. The van der Waals surface area contributed by atoms with Gasteiger partial charge in [0.1, 0.15) is 6.04 Å². The number of benzene rings is 1. The summed E-state index contributed by atoms with van der Waals surface area (Å²) in [5, 5.41) is 13.9. The van der Waals surface area contributed by atoms with Crippen molar-refractivity contribution in [3.63, 3.8) is 0 Å². The molecule has 0 radical (unpaired) electrons. The number of urea groups is 1. The minimum atomic E-state index is -1.09. The number of hydrogen-bond acceptors (Lipinski definition) is 3. The Balaban J connectivity index is 2.70. The summed E-state index contributed by atoms with van der Waals surface area (Å²) in [5.41, 5.74) is 5.76. The maximum Gasteiger partial charge on any atom is 0.326 e. The first-order valence-corrected chi connectivity index (χ1v) is 6.49.